The monoisotopic (exact) mass is 242 g/mol. The van der Waals surface area contributed by atoms with Crippen LogP contribution in [0.3, 0.4) is 0 Å². The van der Waals surface area contributed by atoms with E-state index in [2.05, 4.69) is 5.32 Å². The Kier molecular flexibility index (Phi) is 7.02. The number of hydrogen-bond donors (Lipinski definition) is 2. The Morgan fingerprint density at radius 1 is 1.41 bits per heavy atom. The topological polar surface area (TPSA) is 69.6 Å². The van der Waals surface area contributed by atoms with Gasteiger partial charge in [-0.05, 0) is 20.3 Å². The Morgan fingerprint density at radius 3 is 2.47 bits per heavy atom. The van der Waals surface area contributed by atoms with Gasteiger partial charge in [0.05, 0.1) is 5.92 Å². The van der Waals surface area contributed by atoms with Crippen molar-refractivity contribution < 1.29 is 14.7 Å². The van der Waals surface area contributed by atoms with E-state index in [-0.39, 0.29) is 12.6 Å². The van der Waals surface area contributed by atoms with Crippen molar-refractivity contribution >= 4 is 12.0 Å². The summed E-state index contributed by atoms with van der Waals surface area (Å²) in [4.78, 5) is 23.6. The van der Waals surface area contributed by atoms with Gasteiger partial charge in [0.2, 0.25) is 0 Å². The highest BCUT2D eigenvalue weighted by molar-refractivity contribution is 5.75. The first-order chi connectivity index (χ1) is 7.84. The van der Waals surface area contributed by atoms with Crippen LogP contribution in [0.2, 0.25) is 0 Å². The van der Waals surface area contributed by atoms with Gasteiger partial charge < -0.3 is 15.3 Å². The van der Waals surface area contributed by atoms with Gasteiger partial charge in [-0.15, -0.1) is 0 Å². The molecule has 0 spiro atoms. The van der Waals surface area contributed by atoms with E-state index in [1.165, 1.54) is 10.5 Å². The number of urea groups is 1. The van der Waals surface area contributed by atoms with Crippen LogP contribution >= 0.6 is 0 Å². The van der Waals surface area contributed by atoms with Gasteiger partial charge in [-0.2, -0.15) is 0 Å². The average molecular weight is 242 g/mol. The number of amides is 2. The summed E-state index contributed by atoms with van der Waals surface area (Å²) in [6.45, 7) is 6.36. The number of allylic oxidation sites excluding steroid dienone is 1. The highest BCUT2D eigenvalue weighted by Gasteiger charge is 2.16. The first-order valence-corrected chi connectivity index (χ1v) is 5.69. The van der Waals surface area contributed by atoms with Gasteiger partial charge >= 0.3 is 12.0 Å². The lowest BCUT2D eigenvalue weighted by atomic mass is 10.2. The second-order valence-corrected chi connectivity index (χ2v) is 4.42. The molecule has 0 saturated carbocycles. The van der Waals surface area contributed by atoms with Crippen LogP contribution in [0.1, 0.15) is 27.2 Å². The molecule has 0 aliphatic rings. The number of carbonyl (C=O) groups is 2. The van der Waals surface area contributed by atoms with Gasteiger partial charge in [0.1, 0.15) is 0 Å². The van der Waals surface area contributed by atoms with Gasteiger partial charge in [0.25, 0.3) is 0 Å². The minimum Gasteiger partial charge on any atom is -0.481 e. The number of rotatable bonds is 6. The predicted molar refractivity (Wildman–Crippen MR) is 66.9 cm³/mol. The van der Waals surface area contributed by atoms with E-state index in [9.17, 15) is 9.59 Å². The molecular formula is C12H22N2O3. The highest BCUT2D eigenvalue weighted by Crippen LogP contribution is 1.98. The molecule has 0 aromatic carbocycles. The molecule has 0 heterocycles. The molecule has 0 radical (unpaired) electrons. The van der Waals surface area contributed by atoms with Crippen molar-refractivity contribution in [2.24, 2.45) is 5.92 Å². The molecule has 1 unspecified atom stereocenters. The van der Waals surface area contributed by atoms with Crippen LogP contribution < -0.4 is 5.32 Å². The van der Waals surface area contributed by atoms with Crippen LogP contribution in [0.15, 0.2) is 11.6 Å². The third-order valence-electron chi connectivity index (χ3n) is 2.29. The van der Waals surface area contributed by atoms with Gasteiger partial charge in [0.15, 0.2) is 0 Å². The van der Waals surface area contributed by atoms with Crippen molar-refractivity contribution in [2.75, 3.05) is 20.1 Å². The Hall–Kier alpha value is -1.52. The molecule has 5 nitrogen and oxygen atoms in total. The Morgan fingerprint density at radius 2 is 2.00 bits per heavy atom. The molecule has 2 amide bonds. The number of hydrogen-bond acceptors (Lipinski definition) is 2. The van der Waals surface area contributed by atoms with Crippen LogP contribution in [-0.2, 0) is 4.79 Å². The average Bonchev–Trinajstić information content (AvgIpc) is 2.23. The summed E-state index contributed by atoms with van der Waals surface area (Å²) in [5.74, 6) is -1.45. The van der Waals surface area contributed by atoms with Crippen molar-refractivity contribution in [1.82, 2.24) is 10.2 Å². The lowest BCUT2D eigenvalue weighted by Gasteiger charge is -2.19. The SMILES string of the molecule is CC(C)=CCCNC(=O)N(C)CC(C)C(=O)O. The van der Waals surface area contributed by atoms with Gasteiger partial charge in [-0.1, -0.05) is 18.6 Å². The molecule has 1 atom stereocenters. The maximum Gasteiger partial charge on any atom is 0.317 e. The smallest absolute Gasteiger partial charge is 0.317 e. The molecule has 0 saturated heterocycles. The molecule has 0 aliphatic carbocycles. The standard InChI is InChI=1S/C12H22N2O3/c1-9(2)6-5-7-13-12(17)14(4)8-10(3)11(15)16/h6,10H,5,7-8H2,1-4H3,(H,13,17)(H,15,16). The fourth-order valence-corrected chi connectivity index (χ4v) is 1.25. The molecule has 0 rings (SSSR count). The second-order valence-electron chi connectivity index (χ2n) is 4.42. The normalized spacial score (nSPS) is 11.5. The zero-order valence-corrected chi connectivity index (χ0v) is 11.0. The number of nitrogens with one attached hydrogen (secondary N) is 1. The first-order valence-electron chi connectivity index (χ1n) is 5.69. The lowest BCUT2D eigenvalue weighted by molar-refractivity contribution is -0.141. The van der Waals surface area contributed by atoms with Crippen molar-refractivity contribution in [3.8, 4) is 0 Å². The summed E-state index contributed by atoms with van der Waals surface area (Å²) in [7, 11) is 1.59. The van der Waals surface area contributed by atoms with Crippen LogP contribution in [0, 0.1) is 5.92 Å². The quantitative estimate of drug-likeness (QED) is 0.550. The third-order valence-corrected chi connectivity index (χ3v) is 2.29. The summed E-state index contributed by atoms with van der Waals surface area (Å²) in [6.07, 6.45) is 2.83. The van der Waals surface area contributed by atoms with Crippen LogP contribution in [0.5, 0.6) is 0 Å². The second kappa shape index (κ2) is 7.70. The maximum atomic E-state index is 11.5. The van der Waals surface area contributed by atoms with E-state index < -0.39 is 11.9 Å². The number of carboxylic acids is 1. The number of aliphatic carboxylic acids is 1. The van der Waals surface area contributed by atoms with Crippen LogP contribution in [0.4, 0.5) is 4.79 Å². The fraction of sp³-hybridized carbons (Fsp3) is 0.667. The number of carboxylic acid groups (broad SMARTS) is 1. The molecule has 5 heteroatoms. The zero-order valence-electron chi connectivity index (χ0n) is 11.0. The Labute approximate surface area is 102 Å². The van der Waals surface area contributed by atoms with Crippen molar-refractivity contribution in [2.45, 2.75) is 27.2 Å². The first kappa shape index (κ1) is 15.5. The van der Waals surface area contributed by atoms with E-state index in [1.807, 2.05) is 19.9 Å². The van der Waals surface area contributed by atoms with Gasteiger partial charge in [-0.25, -0.2) is 4.79 Å². The minimum absolute atomic E-state index is 0.212. The molecule has 17 heavy (non-hydrogen) atoms. The zero-order chi connectivity index (χ0) is 13.4. The van der Waals surface area contributed by atoms with E-state index >= 15 is 0 Å². The van der Waals surface area contributed by atoms with Crippen molar-refractivity contribution in [3.05, 3.63) is 11.6 Å². The van der Waals surface area contributed by atoms with Crippen LogP contribution in [0.25, 0.3) is 0 Å². The highest BCUT2D eigenvalue weighted by atomic mass is 16.4. The molecule has 0 bridgehead atoms. The molecule has 0 aliphatic heterocycles. The van der Waals surface area contributed by atoms with Crippen molar-refractivity contribution in [1.29, 1.82) is 0 Å². The van der Waals surface area contributed by atoms with Crippen molar-refractivity contribution in [3.63, 3.8) is 0 Å². The molecular weight excluding hydrogens is 220 g/mol. The summed E-state index contributed by atoms with van der Waals surface area (Å²) in [5, 5.41) is 11.5. The van der Waals surface area contributed by atoms with Gasteiger partial charge in [0, 0.05) is 20.1 Å². The molecule has 98 valence electrons. The molecule has 0 aromatic rings. The minimum atomic E-state index is -0.894. The van der Waals surface area contributed by atoms with E-state index in [0.29, 0.717) is 6.54 Å². The summed E-state index contributed by atoms with van der Waals surface area (Å²) in [6, 6.07) is -0.236. The van der Waals surface area contributed by atoms with Crippen LogP contribution in [-0.4, -0.2) is 42.1 Å². The summed E-state index contributed by atoms with van der Waals surface area (Å²) in [5.41, 5.74) is 1.21. The predicted octanol–water partition coefficient (Wildman–Crippen LogP) is 1.70. The molecule has 2 N–H and O–H groups in total. The lowest BCUT2D eigenvalue weighted by Crippen LogP contribution is -2.41. The Balaban J connectivity index is 3.90. The van der Waals surface area contributed by atoms with Gasteiger partial charge in [-0.3, -0.25) is 4.79 Å². The maximum absolute atomic E-state index is 11.5. The Bertz CT molecular complexity index is 296. The molecule has 0 aromatic heterocycles. The summed E-state index contributed by atoms with van der Waals surface area (Å²) >= 11 is 0. The van der Waals surface area contributed by atoms with E-state index in [1.54, 1.807) is 14.0 Å². The fourth-order valence-electron chi connectivity index (χ4n) is 1.25. The largest absolute Gasteiger partial charge is 0.481 e. The van der Waals surface area contributed by atoms with E-state index in [0.717, 1.165) is 6.42 Å². The summed E-state index contributed by atoms with van der Waals surface area (Å²) < 4.78 is 0. The van der Waals surface area contributed by atoms with E-state index in [4.69, 9.17) is 5.11 Å². The third kappa shape index (κ3) is 7.38. The molecule has 0 fully saturated rings. The number of nitrogens with zero attached hydrogens (tertiary/aromatic N) is 1. The number of carbonyl (C=O) groups excluding carboxylic acids is 1.